The predicted octanol–water partition coefficient (Wildman–Crippen LogP) is 4.45. The van der Waals surface area contributed by atoms with E-state index in [1.165, 1.54) is 25.3 Å². The van der Waals surface area contributed by atoms with Gasteiger partial charge in [-0.25, -0.2) is 0 Å². The van der Waals surface area contributed by atoms with Crippen LogP contribution in [0.15, 0.2) is 47.1 Å². The minimum absolute atomic E-state index is 0.209. The topological polar surface area (TPSA) is 57.5 Å². The Balaban J connectivity index is 1.55. The summed E-state index contributed by atoms with van der Waals surface area (Å²) in [5.74, 6) is 0.258. The van der Waals surface area contributed by atoms with Crippen molar-refractivity contribution in [2.24, 2.45) is 0 Å². The zero-order chi connectivity index (χ0) is 18.4. The number of amides is 1. The summed E-state index contributed by atoms with van der Waals surface area (Å²) in [5, 5.41) is 6.44. The average Bonchev–Trinajstić information content (AvgIpc) is 3.14. The van der Waals surface area contributed by atoms with Gasteiger partial charge in [0.15, 0.2) is 5.11 Å². The van der Waals surface area contributed by atoms with E-state index in [1.54, 1.807) is 24.5 Å². The smallest absolute Gasteiger partial charge is 0.250 e. The van der Waals surface area contributed by atoms with Gasteiger partial charge in [-0.05, 0) is 67.9 Å². The van der Waals surface area contributed by atoms with E-state index in [0.29, 0.717) is 10.8 Å². The Morgan fingerprint density at radius 3 is 2.73 bits per heavy atom. The van der Waals surface area contributed by atoms with Crippen LogP contribution >= 0.6 is 23.8 Å². The highest BCUT2D eigenvalue weighted by Crippen LogP contribution is 2.30. The van der Waals surface area contributed by atoms with Crippen LogP contribution in [0.25, 0.3) is 6.08 Å². The van der Waals surface area contributed by atoms with Crippen molar-refractivity contribution in [1.82, 2.24) is 5.32 Å². The second-order valence-electron chi connectivity index (χ2n) is 6.01. The molecule has 1 saturated heterocycles. The van der Waals surface area contributed by atoms with Crippen LogP contribution in [-0.2, 0) is 4.79 Å². The van der Waals surface area contributed by atoms with E-state index in [-0.39, 0.29) is 11.0 Å². The largest absolute Gasteiger partial charge is 0.465 e. The van der Waals surface area contributed by atoms with E-state index in [2.05, 4.69) is 15.5 Å². The molecule has 2 aromatic rings. The van der Waals surface area contributed by atoms with E-state index < -0.39 is 0 Å². The van der Waals surface area contributed by atoms with E-state index in [0.717, 1.165) is 24.5 Å². The van der Waals surface area contributed by atoms with Gasteiger partial charge in [-0.15, -0.1) is 0 Å². The van der Waals surface area contributed by atoms with E-state index in [4.69, 9.17) is 28.2 Å². The van der Waals surface area contributed by atoms with Crippen LogP contribution in [0.4, 0.5) is 11.4 Å². The van der Waals surface area contributed by atoms with Crippen molar-refractivity contribution in [3.63, 3.8) is 0 Å². The van der Waals surface area contributed by atoms with Crippen molar-refractivity contribution in [3.05, 3.63) is 53.5 Å². The molecule has 3 rings (SSSR count). The number of anilines is 2. The number of benzene rings is 1. The quantitative estimate of drug-likeness (QED) is 0.597. The van der Waals surface area contributed by atoms with Crippen molar-refractivity contribution in [3.8, 4) is 0 Å². The summed E-state index contributed by atoms with van der Waals surface area (Å²) in [5.41, 5.74) is 1.77. The fourth-order valence-corrected chi connectivity index (χ4v) is 3.35. The summed E-state index contributed by atoms with van der Waals surface area (Å²) in [7, 11) is 0. The molecule has 0 unspecified atom stereocenters. The first-order valence-corrected chi connectivity index (χ1v) is 9.28. The number of hydrogen-bond donors (Lipinski definition) is 2. The highest BCUT2D eigenvalue weighted by molar-refractivity contribution is 7.80. The van der Waals surface area contributed by atoms with Crippen LogP contribution in [0.5, 0.6) is 0 Å². The van der Waals surface area contributed by atoms with Gasteiger partial charge in [0.25, 0.3) is 0 Å². The van der Waals surface area contributed by atoms with Crippen LogP contribution in [-0.4, -0.2) is 24.1 Å². The average molecular weight is 390 g/mol. The van der Waals surface area contributed by atoms with Crippen molar-refractivity contribution >= 4 is 52.3 Å². The molecule has 1 aliphatic heterocycles. The lowest BCUT2D eigenvalue weighted by molar-refractivity contribution is -0.115. The number of piperidine rings is 1. The molecule has 0 radical (unpaired) electrons. The van der Waals surface area contributed by atoms with Crippen LogP contribution in [0.3, 0.4) is 0 Å². The summed E-state index contributed by atoms with van der Waals surface area (Å²) in [4.78, 5) is 14.2. The third-order valence-electron chi connectivity index (χ3n) is 4.08. The Hall–Kier alpha value is -2.31. The maximum atomic E-state index is 11.9. The van der Waals surface area contributed by atoms with Gasteiger partial charge in [0.05, 0.1) is 17.0 Å². The molecule has 5 nitrogen and oxygen atoms in total. The van der Waals surface area contributed by atoms with E-state index >= 15 is 0 Å². The van der Waals surface area contributed by atoms with Crippen LogP contribution in [0.1, 0.15) is 25.0 Å². The lowest BCUT2D eigenvalue weighted by Gasteiger charge is -2.29. The van der Waals surface area contributed by atoms with Gasteiger partial charge >= 0.3 is 0 Å². The lowest BCUT2D eigenvalue weighted by atomic mass is 10.1. The molecule has 1 aromatic heterocycles. The van der Waals surface area contributed by atoms with Crippen LogP contribution < -0.4 is 15.5 Å². The maximum Gasteiger partial charge on any atom is 0.250 e. The molecule has 1 amide bonds. The molecular formula is C19H20ClN3O2S. The molecular weight excluding hydrogens is 370 g/mol. The summed E-state index contributed by atoms with van der Waals surface area (Å²) in [6, 6.07) is 9.22. The van der Waals surface area contributed by atoms with Gasteiger partial charge in [-0.3, -0.25) is 10.1 Å². The first-order chi connectivity index (χ1) is 12.6. The molecule has 0 aliphatic carbocycles. The molecule has 2 heterocycles. The van der Waals surface area contributed by atoms with Gasteiger partial charge in [0, 0.05) is 24.9 Å². The highest BCUT2D eigenvalue weighted by Gasteiger charge is 2.14. The SMILES string of the molecule is O=C(/C=C/c1ccco1)NC(=S)Nc1ccc(N2CCCCC2)c(Cl)c1. The molecule has 1 fully saturated rings. The van der Waals surface area contributed by atoms with Crippen LogP contribution in [0.2, 0.25) is 5.02 Å². The van der Waals surface area contributed by atoms with Crippen molar-refractivity contribution in [2.45, 2.75) is 19.3 Å². The molecule has 26 heavy (non-hydrogen) atoms. The number of nitrogens with one attached hydrogen (secondary N) is 2. The minimum Gasteiger partial charge on any atom is -0.465 e. The molecule has 136 valence electrons. The summed E-state index contributed by atoms with van der Waals surface area (Å²) >= 11 is 11.6. The molecule has 7 heteroatoms. The van der Waals surface area contributed by atoms with Crippen molar-refractivity contribution in [1.29, 1.82) is 0 Å². The summed E-state index contributed by atoms with van der Waals surface area (Å²) in [6.07, 6.45) is 8.13. The summed E-state index contributed by atoms with van der Waals surface area (Å²) < 4.78 is 5.12. The molecule has 0 atom stereocenters. The predicted molar refractivity (Wildman–Crippen MR) is 110 cm³/mol. The Labute approximate surface area is 163 Å². The number of carbonyl (C=O) groups is 1. The molecule has 1 aliphatic rings. The first-order valence-electron chi connectivity index (χ1n) is 8.50. The molecule has 2 N–H and O–H groups in total. The van der Waals surface area contributed by atoms with Gasteiger partial charge in [-0.1, -0.05) is 11.6 Å². The van der Waals surface area contributed by atoms with Gasteiger partial charge < -0.3 is 14.6 Å². The number of carbonyl (C=O) groups excluding carboxylic acids is 1. The van der Waals surface area contributed by atoms with E-state index in [9.17, 15) is 4.79 Å². The van der Waals surface area contributed by atoms with Crippen molar-refractivity contribution in [2.75, 3.05) is 23.3 Å². The highest BCUT2D eigenvalue weighted by atomic mass is 35.5. The third kappa shape index (κ3) is 5.09. The second kappa shape index (κ2) is 8.87. The summed E-state index contributed by atoms with van der Waals surface area (Å²) in [6.45, 7) is 2.06. The minimum atomic E-state index is -0.338. The van der Waals surface area contributed by atoms with Crippen molar-refractivity contribution < 1.29 is 9.21 Å². The molecule has 0 spiro atoms. The fourth-order valence-electron chi connectivity index (χ4n) is 2.84. The monoisotopic (exact) mass is 389 g/mol. The molecule has 0 saturated carbocycles. The Kier molecular flexibility index (Phi) is 6.30. The zero-order valence-corrected chi connectivity index (χ0v) is 15.8. The van der Waals surface area contributed by atoms with Gasteiger partial charge in [-0.2, -0.15) is 0 Å². The molecule has 1 aromatic carbocycles. The maximum absolute atomic E-state index is 11.9. The third-order valence-corrected chi connectivity index (χ3v) is 4.59. The first kappa shape index (κ1) is 18.5. The second-order valence-corrected chi connectivity index (χ2v) is 6.82. The number of rotatable bonds is 4. The number of furan rings is 1. The Morgan fingerprint density at radius 2 is 2.04 bits per heavy atom. The fraction of sp³-hybridized carbons (Fsp3) is 0.263. The Morgan fingerprint density at radius 1 is 1.23 bits per heavy atom. The van der Waals surface area contributed by atoms with E-state index in [1.807, 2.05) is 18.2 Å². The Bertz CT molecular complexity index is 799. The van der Waals surface area contributed by atoms with Gasteiger partial charge in [0.2, 0.25) is 5.91 Å². The number of thiocarbonyl (C=S) groups is 1. The zero-order valence-electron chi connectivity index (χ0n) is 14.2. The normalized spacial score (nSPS) is 14.4. The standard InChI is InChI=1S/C19H20ClN3O2S/c20-16-13-14(6-8-17(16)23-10-2-1-3-11-23)21-19(26)22-18(24)9-7-15-5-4-12-25-15/h4-9,12-13H,1-3,10-11H2,(H2,21,22,24,26)/b9-7+. The van der Waals surface area contributed by atoms with Crippen LogP contribution in [0, 0.1) is 0 Å². The lowest BCUT2D eigenvalue weighted by Crippen LogP contribution is -2.33. The molecule has 0 bridgehead atoms. The number of nitrogens with zero attached hydrogens (tertiary/aromatic N) is 1. The number of halogens is 1. The van der Waals surface area contributed by atoms with Gasteiger partial charge in [0.1, 0.15) is 5.76 Å². The number of hydrogen-bond acceptors (Lipinski definition) is 4.